The Kier molecular flexibility index (Phi) is 6.27. The number of hydrogen-bond donors (Lipinski definition) is 1. The predicted octanol–water partition coefficient (Wildman–Crippen LogP) is 1.14. The smallest absolute Gasteiger partial charge is 0.321 e. The number of hydrogen-bond acceptors (Lipinski definition) is 5. The van der Waals surface area contributed by atoms with E-state index in [0.717, 1.165) is 0 Å². The lowest BCUT2D eigenvalue weighted by atomic mass is 10.9. The van der Waals surface area contributed by atoms with Crippen LogP contribution >= 0.6 is 6.72 Å². The van der Waals surface area contributed by atoms with Gasteiger partial charge in [-0.25, -0.2) is 9.78 Å². The van der Waals surface area contributed by atoms with Gasteiger partial charge in [0.05, 0.1) is 13.2 Å². The molecule has 0 radical (unpaired) electrons. The van der Waals surface area contributed by atoms with Gasteiger partial charge in [0.25, 0.3) is 0 Å². The molecule has 0 rings (SSSR count). The predicted molar refractivity (Wildman–Crippen MR) is 41.9 cm³/mol. The van der Waals surface area contributed by atoms with Crippen molar-refractivity contribution >= 4 is 18.5 Å². The van der Waals surface area contributed by atoms with Crippen LogP contribution in [0.25, 0.3) is 0 Å². The normalized spacial score (nSPS) is 11.9. The van der Waals surface area contributed by atoms with E-state index in [0.29, 0.717) is 0 Å². The van der Waals surface area contributed by atoms with E-state index in [2.05, 4.69) is 30.9 Å². The first-order chi connectivity index (χ1) is 5.12. The molecule has 0 bridgehead atoms. The van der Waals surface area contributed by atoms with Gasteiger partial charge in [-0.05, 0) is 25.7 Å². The Morgan fingerprint density at radius 1 is 1.18 bits per heavy atom. The van der Waals surface area contributed by atoms with Crippen molar-refractivity contribution < 1.29 is 24.0 Å². The van der Waals surface area contributed by atoms with Crippen LogP contribution in [-0.2, 0) is 30.9 Å². The molecule has 0 fully saturated rings. The van der Waals surface area contributed by atoms with Gasteiger partial charge in [-0.1, -0.05) is 0 Å². The molecule has 1 N–H and O–H groups in total. The molecular formula is C4H11O5PS. The third-order valence-electron chi connectivity index (χ3n) is 0.529. The summed E-state index contributed by atoms with van der Waals surface area (Å²) in [5.74, 6) is 0. The Morgan fingerprint density at radius 3 is 1.82 bits per heavy atom. The van der Waals surface area contributed by atoms with Crippen LogP contribution in [0.1, 0.15) is 13.8 Å². The van der Waals surface area contributed by atoms with Gasteiger partial charge in [-0.15, -0.1) is 9.35 Å². The van der Waals surface area contributed by atoms with Crippen LogP contribution in [0, 0.1) is 0 Å². The van der Waals surface area contributed by atoms with Crippen LogP contribution in [0.4, 0.5) is 0 Å². The maximum atomic E-state index is 9.01. The fourth-order valence-corrected chi connectivity index (χ4v) is 1.01. The summed E-state index contributed by atoms with van der Waals surface area (Å²) in [6, 6.07) is 0. The second kappa shape index (κ2) is 6.02. The Bertz CT molecular complexity index is 128. The first-order valence-electron chi connectivity index (χ1n) is 3.07. The summed E-state index contributed by atoms with van der Waals surface area (Å²) in [5, 5.41) is 0. The van der Waals surface area contributed by atoms with Crippen molar-refractivity contribution in [2.45, 2.75) is 13.8 Å². The topological polar surface area (TPSA) is 57.2 Å². The van der Waals surface area contributed by atoms with Gasteiger partial charge in [-0.3, -0.25) is 0 Å². The lowest BCUT2D eigenvalue weighted by molar-refractivity contribution is -0.264. The molecule has 5 nitrogen and oxygen atoms in total. The highest BCUT2D eigenvalue weighted by Crippen LogP contribution is 2.43. The average molecular weight is 202 g/mol. The van der Waals surface area contributed by atoms with E-state index in [1.165, 1.54) is 0 Å². The average Bonchev–Trinajstić information content (AvgIpc) is 1.97. The summed E-state index contributed by atoms with van der Waals surface area (Å²) in [7, 11) is 0. The molecule has 0 aliphatic carbocycles. The van der Waals surface area contributed by atoms with E-state index in [9.17, 15) is 0 Å². The molecule has 68 valence electrons. The molecule has 11 heavy (non-hydrogen) atoms. The molecule has 0 aromatic rings. The second-order valence-corrected chi connectivity index (χ2v) is 4.05. The van der Waals surface area contributed by atoms with E-state index >= 15 is 0 Å². The lowest BCUT2D eigenvalue weighted by Crippen LogP contribution is -1.97. The monoisotopic (exact) mass is 202 g/mol. The van der Waals surface area contributed by atoms with Crippen molar-refractivity contribution in [3.8, 4) is 0 Å². The maximum absolute atomic E-state index is 9.01. The molecule has 0 aromatic heterocycles. The van der Waals surface area contributed by atoms with Crippen molar-refractivity contribution in [2.24, 2.45) is 0 Å². The van der Waals surface area contributed by atoms with Gasteiger partial charge >= 0.3 is 6.72 Å². The fraction of sp³-hybridized carbons (Fsp3) is 1.00. The highest BCUT2D eigenvalue weighted by Gasteiger charge is 2.16. The Balaban J connectivity index is 3.53. The van der Waals surface area contributed by atoms with Gasteiger partial charge in [0.1, 0.15) is 0 Å². The van der Waals surface area contributed by atoms with Crippen LogP contribution in [0.5, 0.6) is 0 Å². The summed E-state index contributed by atoms with van der Waals surface area (Å²) < 4.78 is 8.63. The lowest BCUT2D eigenvalue weighted by Gasteiger charge is -2.11. The number of rotatable bonds is 6. The highest BCUT2D eigenvalue weighted by molar-refractivity contribution is 8.07. The van der Waals surface area contributed by atoms with E-state index in [-0.39, 0.29) is 13.2 Å². The molecule has 0 spiro atoms. The van der Waals surface area contributed by atoms with Crippen LogP contribution in [0.2, 0.25) is 0 Å². The standard InChI is InChI=1S/C4H11O5PS/c1-3-6-8-10(5,11)9-7-4-2/h3-4H2,1-2H3,(H,5,11). The quantitative estimate of drug-likeness (QED) is 0.396. The van der Waals surface area contributed by atoms with Crippen LogP contribution < -0.4 is 0 Å². The van der Waals surface area contributed by atoms with Crippen molar-refractivity contribution in [2.75, 3.05) is 13.2 Å². The van der Waals surface area contributed by atoms with Gasteiger partial charge < -0.3 is 4.89 Å². The zero-order chi connectivity index (χ0) is 8.74. The van der Waals surface area contributed by atoms with Gasteiger partial charge in [0.15, 0.2) is 0 Å². The zero-order valence-electron chi connectivity index (χ0n) is 6.35. The van der Waals surface area contributed by atoms with Crippen LogP contribution in [0.3, 0.4) is 0 Å². The first kappa shape index (κ1) is 11.4. The molecule has 0 unspecified atom stereocenters. The minimum atomic E-state index is -3.34. The molecule has 0 aliphatic heterocycles. The van der Waals surface area contributed by atoms with E-state index in [1.807, 2.05) is 0 Å². The molecule has 7 heteroatoms. The van der Waals surface area contributed by atoms with Crippen molar-refractivity contribution in [1.29, 1.82) is 0 Å². The molecule has 0 heterocycles. The fourth-order valence-electron chi connectivity index (χ4n) is 0.251. The van der Waals surface area contributed by atoms with Crippen molar-refractivity contribution in [3.05, 3.63) is 0 Å². The summed E-state index contributed by atoms with van der Waals surface area (Å²) >= 11 is 4.45. The van der Waals surface area contributed by atoms with Crippen molar-refractivity contribution in [1.82, 2.24) is 0 Å². The van der Waals surface area contributed by atoms with Crippen LogP contribution in [0.15, 0.2) is 0 Å². The molecule has 0 aromatic carbocycles. The molecule has 0 amide bonds. The second-order valence-electron chi connectivity index (χ2n) is 1.43. The third-order valence-corrected chi connectivity index (χ3v) is 1.48. The van der Waals surface area contributed by atoms with Gasteiger partial charge in [0, 0.05) is 0 Å². The van der Waals surface area contributed by atoms with Crippen LogP contribution in [-0.4, -0.2) is 18.1 Å². The third kappa shape index (κ3) is 6.83. The van der Waals surface area contributed by atoms with E-state index in [4.69, 9.17) is 4.89 Å². The Morgan fingerprint density at radius 2 is 1.55 bits per heavy atom. The SMILES string of the molecule is CCOOP(O)(=S)OOCC. The molecule has 0 atom stereocenters. The van der Waals surface area contributed by atoms with Gasteiger partial charge in [0.2, 0.25) is 0 Å². The Labute approximate surface area is 70.3 Å². The largest absolute Gasteiger partial charge is 0.380 e. The minimum absolute atomic E-state index is 0.286. The zero-order valence-corrected chi connectivity index (χ0v) is 8.06. The maximum Gasteiger partial charge on any atom is 0.380 e. The molecular weight excluding hydrogens is 191 g/mol. The van der Waals surface area contributed by atoms with E-state index < -0.39 is 6.72 Å². The van der Waals surface area contributed by atoms with E-state index in [1.54, 1.807) is 13.8 Å². The molecule has 0 saturated carbocycles. The summed E-state index contributed by atoms with van der Waals surface area (Å²) in [5.41, 5.74) is 0. The summed E-state index contributed by atoms with van der Waals surface area (Å²) in [4.78, 5) is 17.8. The summed E-state index contributed by atoms with van der Waals surface area (Å²) in [6.07, 6.45) is 0. The molecule has 0 aliphatic rings. The van der Waals surface area contributed by atoms with Gasteiger partial charge in [-0.2, -0.15) is 0 Å². The highest BCUT2D eigenvalue weighted by atomic mass is 32.5. The minimum Gasteiger partial charge on any atom is -0.321 e. The first-order valence-corrected chi connectivity index (χ1v) is 5.66. The Hall–Kier alpha value is 0.450. The summed E-state index contributed by atoms with van der Waals surface area (Å²) in [6.45, 7) is 0.617. The van der Waals surface area contributed by atoms with Crippen molar-refractivity contribution in [3.63, 3.8) is 0 Å². The molecule has 0 saturated heterocycles.